The topological polar surface area (TPSA) is 72.0 Å². The van der Waals surface area contributed by atoms with Crippen LogP contribution in [-0.2, 0) is 19.1 Å². The number of rotatable bonds is 4. The summed E-state index contributed by atoms with van der Waals surface area (Å²) in [5.41, 5.74) is 1.52. The van der Waals surface area contributed by atoms with Crippen molar-refractivity contribution in [2.75, 3.05) is 39.4 Å². The zero-order valence-electron chi connectivity index (χ0n) is 19.2. The zero-order chi connectivity index (χ0) is 22.4. The minimum atomic E-state index is -0.380. The summed E-state index contributed by atoms with van der Waals surface area (Å²) in [6.07, 6.45) is 10.2. The first kappa shape index (κ1) is 21.3. The highest BCUT2D eigenvalue weighted by Crippen LogP contribution is 2.51. The Bertz CT molecular complexity index is 942. The van der Waals surface area contributed by atoms with Gasteiger partial charge < -0.3 is 14.4 Å². The number of carbonyl (C=O) groups is 2. The van der Waals surface area contributed by atoms with Gasteiger partial charge in [0.05, 0.1) is 30.7 Å². The molecule has 7 heteroatoms. The molecule has 33 heavy (non-hydrogen) atoms. The lowest BCUT2D eigenvalue weighted by Gasteiger charge is -2.46. The standard InChI is InChI=1S/C26H33N3O4/c30-23-20-6-5-17-3-1-2-4-19(17)24(20)33-25-21(23)22(18-7-9-27-10-8-18)29(26(25)31)12-11-28-13-15-32-16-14-28/h7-10,17,19-20,22,24H,1-6,11-16H2. The van der Waals surface area contributed by atoms with Gasteiger partial charge in [0.2, 0.25) is 0 Å². The molecule has 6 rings (SSSR count). The van der Waals surface area contributed by atoms with Gasteiger partial charge in [0.1, 0.15) is 6.10 Å². The number of carbonyl (C=O) groups excluding carboxylic acids is 2. The minimum Gasteiger partial charge on any atom is -0.483 e. The summed E-state index contributed by atoms with van der Waals surface area (Å²) in [6.45, 7) is 4.53. The van der Waals surface area contributed by atoms with Crippen molar-refractivity contribution in [3.05, 3.63) is 41.4 Å². The number of hydrogen-bond donors (Lipinski definition) is 0. The predicted octanol–water partition coefficient (Wildman–Crippen LogP) is 2.74. The lowest BCUT2D eigenvalue weighted by Crippen LogP contribution is -2.48. The molecule has 1 amide bonds. The van der Waals surface area contributed by atoms with E-state index in [-0.39, 0.29) is 29.8 Å². The van der Waals surface area contributed by atoms with Crippen molar-refractivity contribution in [2.45, 2.75) is 50.7 Å². The van der Waals surface area contributed by atoms with Crippen molar-refractivity contribution in [2.24, 2.45) is 17.8 Å². The maximum absolute atomic E-state index is 13.9. The Balaban J connectivity index is 1.32. The number of fused-ring (bicyclic) bond motifs is 3. The number of Topliss-reactive ketones (excluding diaryl/α,β-unsaturated/α-hetero) is 1. The van der Waals surface area contributed by atoms with Crippen molar-refractivity contribution in [1.82, 2.24) is 14.8 Å². The molecule has 0 bridgehead atoms. The van der Waals surface area contributed by atoms with E-state index in [0.717, 1.165) is 57.7 Å². The lowest BCUT2D eigenvalue weighted by atomic mass is 9.63. The molecular formula is C26H33N3O4. The number of hydrogen-bond acceptors (Lipinski definition) is 6. The average molecular weight is 452 g/mol. The van der Waals surface area contributed by atoms with Crippen LogP contribution in [0.3, 0.4) is 0 Å². The van der Waals surface area contributed by atoms with Crippen molar-refractivity contribution < 1.29 is 19.1 Å². The first-order chi connectivity index (χ1) is 16.2. The predicted molar refractivity (Wildman–Crippen MR) is 121 cm³/mol. The molecule has 1 aromatic heterocycles. The van der Waals surface area contributed by atoms with E-state index < -0.39 is 0 Å². The second-order valence-electron chi connectivity index (χ2n) is 10.2. The SMILES string of the molecule is O=C1C2=C(OC3C1CCC1CCCCC13)C(=O)N(CCN1CCOCC1)C2c1ccncc1. The largest absolute Gasteiger partial charge is 0.483 e. The molecule has 2 aliphatic carbocycles. The monoisotopic (exact) mass is 451 g/mol. The Morgan fingerprint density at radius 1 is 0.970 bits per heavy atom. The van der Waals surface area contributed by atoms with Gasteiger partial charge in [0, 0.05) is 38.6 Å². The molecule has 5 atom stereocenters. The number of nitrogens with zero attached hydrogens (tertiary/aromatic N) is 3. The van der Waals surface area contributed by atoms with Gasteiger partial charge in [-0.05, 0) is 48.8 Å². The van der Waals surface area contributed by atoms with Crippen LogP contribution in [-0.4, -0.2) is 72.0 Å². The number of pyridine rings is 1. The second kappa shape index (κ2) is 8.84. The number of amides is 1. The third kappa shape index (κ3) is 3.69. The summed E-state index contributed by atoms with van der Waals surface area (Å²) in [5.74, 6) is 1.29. The molecule has 176 valence electrons. The highest BCUT2D eigenvalue weighted by molar-refractivity contribution is 6.11. The van der Waals surface area contributed by atoms with E-state index in [9.17, 15) is 9.59 Å². The maximum atomic E-state index is 13.9. The van der Waals surface area contributed by atoms with E-state index in [1.54, 1.807) is 12.4 Å². The zero-order valence-corrected chi connectivity index (χ0v) is 19.2. The Morgan fingerprint density at radius 3 is 2.58 bits per heavy atom. The van der Waals surface area contributed by atoms with Crippen LogP contribution in [0, 0.1) is 17.8 Å². The van der Waals surface area contributed by atoms with E-state index in [4.69, 9.17) is 9.47 Å². The number of aromatic nitrogens is 1. The number of morpholine rings is 1. The molecule has 2 saturated carbocycles. The first-order valence-electron chi connectivity index (χ1n) is 12.7. The van der Waals surface area contributed by atoms with Crippen molar-refractivity contribution in [1.29, 1.82) is 0 Å². The van der Waals surface area contributed by atoms with Crippen LogP contribution in [0.1, 0.15) is 50.1 Å². The molecule has 5 unspecified atom stereocenters. The van der Waals surface area contributed by atoms with Crippen molar-refractivity contribution in [3.63, 3.8) is 0 Å². The van der Waals surface area contributed by atoms with Crippen LogP contribution < -0.4 is 0 Å². The van der Waals surface area contributed by atoms with Gasteiger partial charge in [0.15, 0.2) is 11.5 Å². The van der Waals surface area contributed by atoms with Crippen LogP contribution in [0.15, 0.2) is 35.9 Å². The molecule has 7 nitrogen and oxygen atoms in total. The van der Waals surface area contributed by atoms with Crippen LogP contribution in [0.4, 0.5) is 0 Å². The lowest BCUT2D eigenvalue weighted by molar-refractivity contribution is -0.141. The molecule has 0 radical (unpaired) electrons. The summed E-state index contributed by atoms with van der Waals surface area (Å²) >= 11 is 0. The second-order valence-corrected chi connectivity index (χ2v) is 10.2. The maximum Gasteiger partial charge on any atom is 0.290 e. The van der Waals surface area contributed by atoms with Gasteiger partial charge in [-0.1, -0.05) is 19.3 Å². The summed E-state index contributed by atoms with van der Waals surface area (Å²) in [4.78, 5) is 36.0. The van der Waals surface area contributed by atoms with E-state index in [0.29, 0.717) is 29.7 Å². The number of ether oxygens (including phenoxy) is 2. The summed E-state index contributed by atoms with van der Waals surface area (Å²) in [5, 5.41) is 0. The summed E-state index contributed by atoms with van der Waals surface area (Å²) in [7, 11) is 0. The van der Waals surface area contributed by atoms with Gasteiger partial charge >= 0.3 is 0 Å². The molecule has 0 spiro atoms. The summed E-state index contributed by atoms with van der Waals surface area (Å²) in [6, 6.07) is 3.47. The van der Waals surface area contributed by atoms with Crippen LogP contribution in [0.25, 0.3) is 0 Å². The summed E-state index contributed by atoms with van der Waals surface area (Å²) < 4.78 is 12.0. The van der Waals surface area contributed by atoms with E-state index in [1.165, 1.54) is 19.3 Å². The highest BCUT2D eigenvalue weighted by atomic mass is 16.5. The van der Waals surface area contributed by atoms with Crippen LogP contribution in [0.2, 0.25) is 0 Å². The quantitative estimate of drug-likeness (QED) is 0.701. The van der Waals surface area contributed by atoms with Gasteiger partial charge in [-0.15, -0.1) is 0 Å². The molecule has 3 aliphatic heterocycles. The molecular weight excluding hydrogens is 418 g/mol. The van der Waals surface area contributed by atoms with E-state index in [1.807, 2.05) is 17.0 Å². The highest BCUT2D eigenvalue weighted by Gasteiger charge is 2.55. The van der Waals surface area contributed by atoms with Gasteiger partial charge in [-0.2, -0.15) is 0 Å². The van der Waals surface area contributed by atoms with Crippen molar-refractivity contribution in [3.8, 4) is 0 Å². The van der Waals surface area contributed by atoms with E-state index >= 15 is 0 Å². The Kier molecular flexibility index (Phi) is 5.70. The Labute approximate surface area is 195 Å². The fraction of sp³-hybridized carbons (Fsp3) is 0.654. The van der Waals surface area contributed by atoms with Crippen LogP contribution >= 0.6 is 0 Å². The van der Waals surface area contributed by atoms with Crippen molar-refractivity contribution >= 4 is 11.7 Å². The molecule has 4 heterocycles. The Morgan fingerprint density at radius 2 is 1.76 bits per heavy atom. The fourth-order valence-electron chi connectivity index (χ4n) is 6.87. The smallest absolute Gasteiger partial charge is 0.290 e. The third-order valence-corrected chi connectivity index (χ3v) is 8.56. The van der Waals surface area contributed by atoms with Crippen LogP contribution in [0.5, 0.6) is 0 Å². The molecule has 3 fully saturated rings. The molecule has 5 aliphatic rings. The normalized spacial score (nSPS) is 34.5. The first-order valence-corrected chi connectivity index (χ1v) is 12.7. The molecule has 1 saturated heterocycles. The average Bonchev–Trinajstić information content (AvgIpc) is 3.15. The third-order valence-electron chi connectivity index (χ3n) is 8.56. The fourth-order valence-corrected chi connectivity index (χ4v) is 6.87. The molecule has 1 aromatic rings. The molecule has 0 N–H and O–H groups in total. The Hall–Kier alpha value is -2.25. The minimum absolute atomic E-state index is 0.112. The van der Waals surface area contributed by atoms with Gasteiger partial charge in [-0.25, -0.2) is 0 Å². The number of ketones is 1. The molecule has 0 aromatic carbocycles. The van der Waals surface area contributed by atoms with Gasteiger partial charge in [0.25, 0.3) is 5.91 Å². The van der Waals surface area contributed by atoms with E-state index in [2.05, 4.69) is 9.88 Å². The van der Waals surface area contributed by atoms with Gasteiger partial charge in [-0.3, -0.25) is 19.5 Å².